The molecule has 6 aromatic heterocycles. The molecule has 0 aliphatic carbocycles. The van der Waals surface area contributed by atoms with E-state index in [2.05, 4.69) is 57.4 Å². The predicted octanol–water partition coefficient (Wildman–Crippen LogP) is 10.1. The van der Waals surface area contributed by atoms with Crippen LogP contribution in [0.15, 0.2) is 171 Å². The first-order chi connectivity index (χ1) is 24.2. The highest BCUT2D eigenvalue weighted by Crippen LogP contribution is 2.33. The van der Waals surface area contributed by atoms with E-state index in [9.17, 15) is 0 Å². The molecule has 0 unspecified atom stereocenters. The van der Waals surface area contributed by atoms with Crippen LogP contribution in [0.25, 0.3) is 56.2 Å². The summed E-state index contributed by atoms with van der Waals surface area (Å²) in [6, 6.07) is 36.6. The van der Waals surface area contributed by atoms with Crippen LogP contribution >= 0.6 is 0 Å². The Morgan fingerprint density at radius 1 is 0.388 bits per heavy atom. The van der Waals surface area contributed by atoms with Gasteiger partial charge in [0.25, 0.3) is 0 Å². The molecule has 7 rings (SSSR count). The average Bonchev–Trinajstić information content (AvgIpc) is 3.19. The minimum atomic E-state index is 0.688. The molecule has 1 aromatic carbocycles. The number of pyridine rings is 6. The largest absolute Gasteiger partial charge is 0.261 e. The van der Waals surface area contributed by atoms with Gasteiger partial charge in [-0.2, -0.15) is 0 Å². The molecule has 0 spiro atoms. The Balaban J connectivity index is 0.000000639. The fourth-order valence-corrected chi connectivity index (χ4v) is 5.20. The summed E-state index contributed by atoms with van der Waals surface area (Å²) in [7, 11) is 0. The summed E-state index contributed by atoms with van der Waals surface area (Å²) in [6.07, 6.45) is 19.8. The van der Waals surface area contributed by atoms with Gasteiger partial charge >= 0.3 is 0 Å². The van der Waals surface area contributed by atoms with Gasteiger partial charge in [0.15, 0.2) is 0 Å². The van der Waals surface area contributed by atoms with Crippen LogP contribution in [0.2, 0.25) is 0 Å². The maximum Gasteiger partial charge on any atom is 0.0886 e. The zero-order valence-corrected chi connectivity index (χ0v) is 27.6. The number of rotatable bonds is 8. The molecule has 6 heterocycles. The van der Waals surface area contributed by atoms with E-state index < -0.39 is 0 Å². The molecule has 238 valence electrons. The second-order valence-corrected chi connectivity index (χ2v) is 11.2. The van der Waals surface area contributed by atoms with Crippen molar-refractivity contribution in [3.8, 4) is 56.2 Å². The third-order valence-electron chi connectivity index (χ3n) is 7.72. The molecule has 0 saturated carbocycles. The summed E-state index contributed by atoms with van der Waals surface area (Å²) >= 11 is 0. The van der Waals surface area contributed by atoms with Crippen LogP contribution in [-0.2, 0) is 6.42 Å². The van der Waals surface area contributed by atoms with E-state index in [4.69, 9.17) is 15.0 Å². The molecule has 0 fully saturated rings. The number of nitrogens with zero attached hydrogens (tertiary/aromatic N) is 6. The lowest BCUT2D eigenvalue weighted by Gasteiger charge is -2.12. The Bertz CT molecular complexity index is 2000. The first-order valence-electron chi connectivity index (χ1n) is 16.2. The molecule has 0 atom stereocenters. The highest BCUT2D eigenvalue weighted by molar-refractivity contribution is 5.80. The first kappa shape index (κ1) is 32.5. The minimum absolute atomic E-state index is 0.688. The summed E-state index contributed by atoms with van der Waals surface area (Å²) < 4.78 is 0. The third kappa shape index (κ3) is 8.70. The topological polar surface area (TPSA) is 77.3 Å². The SMILES string of the molecule is C/C=C\C=C/C.c1ccc(Cc2ccc(-c3cc(-c4ccc(-c5ccccn5)nc4)cc(-c4ccc(-c5ccccn5)cn4)c3)cn2)nc1. The maximum absolute atomic E-state index is 4.82. The van der Waals surface area contributed by atoms with E-state index >= 15 is 0 Å². The van der Waals surface area contributed by atoms with Crippen molar-refractivity contribution >= 4 is 0 Å². The Morgan fingerprint density at radius 2 is 0.878 bits per heavy atom. The van der Waals surface area contributed by atoms with Crippen LogP contribution < -0.4 is 0 Å². The quantitative estimate of drug-likeness (QED) is 0.155. The minimum Gasteiger partial charge on any atom is -0.261 e. The van der Waals surface area contributed by atoms with Gasteiger partial charge in [-0.05, 0) is 104 Å². The van der Waals surface area contributed by atoms with Crippen molar-refractivity contribution in [3.05, 3.63) is 182 Å². The molecule has 0 amide bonds. The van der Waals surface area contributed by atoms with Gasteiger partial charge in [-0.15, -0.1) is 0 Å². The molecule has 6 heteroatoms. The van der Waals surface area contributed by atoms with Crippen LogP contribution in [0.5, 0.6) is 0 Å². The molecule has 49 heavy (non-hydrogen) atoms. The molecule has 0 N–H and O–H groups in total. The van der Waals surface area contributed by atoms with E-state index in [1.54, 1.807) is 12.4 Å². The molecule has 0 aliphatic rings. The highest BCUT2D eigenvalue weighted by atomic mass is 14.8. The van der Waals surface area contributed by atoms with Gasteiger partial charge in [-0.1, -0.05) is 54.6 Å². The van der Waals surface area contributed by atoms with Crippen molar-refractivity contribution in [3.63, 3.8) is 0 Å². The van der Waals surface area contributed by atoms with Gasteiger partial charge < -0.3 is 0 Å². The summed E-state index contributed by atoms with van der Waals surface area (Å²) in [5.41, 5.74) is 11.5. The Labute approximate surface area is 287 Å². The van der Waals surface area contributed by atoms with Crippen molar-refractivity contribution in [1.82, 2.24) is 29.9 Å². The van der Waals surface area contributed by atoms with Crippen molar-refractivity contribution in [2.45, 2.75) is 20.3 Å². The van der Waals surface area contributed by atoms with Gasteiger partial charge in [-0.25, -0.2) is 0 Å². The molecule has 0 bridgehead atoms. The fraction of sp³-hybridized carbons (Fsp3) is 0.0698. The summed E-state index contributed by atoms with van der Waals surface area (Å²) in [5, 5.41) is 0. The number of benzene rings is 1. The number of aromatic nitrogens is 6. The van der Waals surface area contributed by atoms with E-state index in [-0.39, 0.29) is 0 Å². The van der Waals surface area contributed by atoms with Crippen molar-refractivity contribution in [2.24, 2.45) is 0 Å². The summed E-state index contributed by atoms with van der Waals surface area (Å²) in [4.78, 5) is 27.6. The van der Waals surface area contributed by atoms with Crippen LogP contribution in [0.3, 0.4) is 0 Å². The average molecular weight is 637 g/mol. The summed E-state index contributed by atoms with van der Waals surface area (Å²) in [5.74, 6) is 0. The lowest BCUT2D eigenvalue weighted by Crippen LogP contribution is -1.95. The van der Waals surface area contributed by atoms with E-state index in [0.29, 0.717) is 6.42 Å². The van der Waals surface area contributed by atoms with Crippen LogP contribution in [0.1, 0.15) is 25.2 Å². The fourth-order valence-electron chi connectivity index (χ4n) is 5.20. The van der Waals surface area contributed by atoms with Crippen LogP contribution in [0.4, 0.5) is 0 Å². The number of allylic oxidation sites excluding steroid dienone is 4. The molecule has 0 saturated heterocycles. The normalized spacial score (nSPS) is 11.0. The zero-order chi connectivity index (χ0) is 33.7. The van der Waals surface area contributed by atoms with Gasteiger partial charge in [0, 0.05) is 77.2 Å². The smallest absolute Gasteiger partial charge is 0.0886 e. The van der Waals surface area contributed by atoms with Crippen LogP contribution in [-0.4, -0.2) is 29.9 Å². The highest BCUT2D eigenvalue weighted by Gasteiger charge is 2.11. The Morgan fingerprint density at radius 3 is 1.41 bits per heavy atom. The molecule has 0 radical (unpaired) electrons. The van der Waals surface area contributed by atoms with Gasteiger partial charge in [0.2, 0.25) is 0 Å². The maximum atomic E-state index is 4.82. The standard InChI is InChI=1S/C37H26N6.C6H10/c1-4-16-38-32(7-1)22-33-13-10-26(23-41-33)29-19-30(27-11-15-37(43-24-27)36-9-3-6-18-40-36)21-31(20-29)35-14-12-28(25-42-35)34-8-2-5-17-39-34;1-3-5-6-4-2/h1-21,23-25H,22H2;3-6H,1-2H3/b;5-3-,6-4-. The second-order valence-electron chi connectivity index (χ2n) is 11.2. The van der Waals surface area contributed by atoms with E-state index in [1.165, 1.54) is 0 Å². The van der Waals surface area contributed by atoms with Crippen LogP contribution in [0, 0.1) is 0 Å². The van der Waals surface area contributed by atoms with Gasteiger partial charge in [0.05, 0.1) is 22.8 Å². The lowest BCUT2D eigenvalue weighted by atomic mass is 9.95. The molecule has 6 nitrogen and oxygen atoms in total. The van der Waals surface area contributed by atoms with Crippen molar-refractivity contribution in [2.75, 3.05) is 0 Å². The van der Waals surface area contributed by atoms with Crippen molar-refractivity contribution < 1.29 is 0 Å². The monoisotopic (exact) mass is 636 g/mol. The van der Waals surface area contributed by atoms with Gasteiger partial charge in [-0.3, -0.25) is 29.9 Å². The summed E-state index contributed by atoms with van der Waals surface area (Å²) in [6.45, 7) is 4.00. The van der Waals surface area contributed by atoms with E-state index in [1.807, 2.05) is 130 Å². The number of hydrogen-bond acceptors (Lipinski definition) is 6. The Kier molecular flexibility index (Phi) is 10.9. The zero-order valence-electron chi connectivity index (χ0n) is 27.6. The first-order valence-corrected chi connectivity index (χ1v) is 16.2. The Hall–Kier alpha value is -6.40. The van der Waals surface area contributed by atoms with E-state index in [0.717, 1.165) is 67.5 Å². The van der Waals surface area contributed by atoms with Crippen molar-refractivity contribution in [1.29, 1.82) is 0 Å². The predicted molar refractivity (Wildman–Crippen MR) is 199 cm³/mol. The van der Waals surface area contributed by atoms with Gasteiger partial charge in [0.1, 0.15) is 0 Å². The second kappa shape index (κ2) is 16.4. The number of hydrogen-bond donors (Lipinski definition) is 0. The third-order valence-corrected chi connectivity index (χ3v) is 7.72. The molecular weight excluding hydrogens is 601 g/mol. The molecule has 7 aromatic rings. The molecular formula is C43H36N6. The molecule has 0 aliphatic heterocycles. The lowest BCUT2D eigenvalue weighted by molar-refractivity contribution is 1.01.